The molecule has 0 heterocycles. The minimum Gasteiger partial charge on any atom is -0.491 e. The molecule has 0 bridgehead atoms. The van der Waals surface area contributed by atoms with E-state index in [0.29, 0.717) is 11.1 Å². The Bertz CT molecular complexity index is 1520. The van der Waals surface area contributed by atoms with Gasteiger partial charge in [-0.05, 0) is 41.7 Å². The minimum atomic E-state index is -8.68. The largest absolute Gasteiger partial charge is 0.491 e. The molecule has 5 nitrogen and oxygen atoms in total. The number of ether oxygens (including phenoxy) is 2. The highest BCUT2D eigenvalue weighted by Gasteiger charge is 2.95. The lowest BCUT2D eigenvalue weighted by atomic mass is 9.88. The summed E-state index contributed by atoms with van der Waals surface area (Å²) in [4.78, 5) is 11.8. The van der Waals surface area contributed by atoms with Crippen molar-refractivity contribution in [2.45, 2.75) is 119 Å². The Morgan fingerprint density at radius 3 is 1.58 bits per heavy atom. The van der Waals surface area contributed by atoms with E-state index in [9.17, 15) is 84.5 Å². The molecule has 0 unspecified atom stereocenters. The van der Waals surface area contributed by atoms with Crippen molar-refractivity contribution in [3.63, 3.8) is 0 Å². The molecular weight excluding hydrogens is 839 g/mol. The van der Waals surface area contributed by atoms with E-state index in [2.05, 4.69) is 6.58 Å². The van der Waals surface area contributed by atoms with E-state index in [1.54, 1.807) is 13.8 Å². The van der Waals surface area contributed by atoms with Crippen LogP contribution in [0.5, 0.6) is 5.75 Å². The number of carbonyl (C=O) groups is 1. The van der Waals surface area contributed by atoms with Crippen molar-refractivity contribution in [1.82, 2.24) is 0 Å². The molecule has 1 aromatic rings. The molecule has 0 spiro atoms. The fourth-order valence-corrected chi connectivity index (χ4v) is 10.0. The first kappa shape index (κ1) is 51.9. The van der Waals surface area contributed by atoms with Crippen LogP contribution in [0.2, 0.25) is 17.1 Å². The number of aliphatic hydroxyl groups is 1. The molecule has 2 atom stereocenters. The Morgan fingerprint density at radius 2 is 1.16 bits per heavy atom. The molecule has 0 amide bonds. The quantitative estimate of drug-likeness (QED) is 0.0314. The Morgan fingerprint density at radius 1 is 0.719 bits per heavy atom. The van der Waals surface area contributed by atoms with Gasteiger partial charge in [0.1, 0.15) is 19.0 Å². The zero-order chi connectivity index (χ0) is 45.0. The number of hydrogen-bond acceptors (Lipinski definition) is 5. The smallest absolute Gasteiger partial charge is 0.460 e. The van der Waals surface area contributed by atoms with Gasteiger partial charge in [0, 0.05) is 18.4 Å². The molecule has 0 aliphatic rings. The maximum atomic E-state index is 14.9. The van der Waals surface area contributed by atoms with Gasteiger partial charge in [0.05, 0.1) is 12.7 Å². The van der Waals surface area contributed by atoms with Gasteiger partial charge in [-0.3, -0.25) is 0 Å². The van der Waals surface area contributed by atoms with Crippen LogP contribution < -0.4 is 4.74 Å². The number of benzene rings is 1. The average Bonchev–Trinajstić information content (AvgIpc) is 3.08. The van der Waals surface area contributed by atoms with E-state index < -0.39 is 104 Å². The summed E-state index contributed by atoms with van der Waals surface area (Å²) in [5, 5.41) is 10.7. The molecule has 1 aromatic carbocycles. The predicted molar refractivity (Wildman–Crippen MR) is 173 cm³/mol. The molecule has 0 aliphatic carbocycles. The zero-order valence-electron chi connectivity index (χ0n) is 31.0. The van der Waals surface area contributed by atoms with Gasteiger partial charge in [0.15, 0.2) is 8.32 Å². The second-order valence-corrected chi connectivity index (χ2v) is 18.7. The number of halogens is 17. The third kappa shape index (κ3) is 10.0. The summed E-state index contributed by atoms with van der Waals surface area (Å²) < 4.78 is 250. The maximum Gasteiger partial charge on any atom is 0.460 e. The van der Waals surface area contributed by atoms with Crippen LogP contribution in [0.15, 0.2) is 48.6 Å². The normalized spacial score (nSPS) is 15.9. The number of hydrogen-bond donors (Lipinski definition) is 1. The average molecular weight is 881 g/mol. The van der Waals surface area contributed by atoms with Crippen molar-refractivity contribution in [3.8, 4) is 5.75 Å². The third-order valence-electron chi connectivity index (χ3n) is 9.40. The van der Waals surface area contributed by atoms with Crippen LogP contribution in [0.1, 0.15) is 59.6 Å². The van der Waals surface area contributed by atoms with Crippen LogP contribution in [0, 0.1) is 5.92 Å². The number of alkyl halides is 17. The standard InChI is InChI=1S/C34H41F17O5Si/c1-8-14-55-25(52)18-21(6)22(7)26(53)23-9-11-24(12-10-23)54-15-16-56-57(19(2)3,20(4)5)17-13-27(35,36)28(37,38)29(39,40)30(41,42)31(43,44)32(45,46)33(47,48)34(49,50)51/h8-12,18-20,22,26,53H,1,13-17H2,2-7H3/b21-18+/t22-,26+/m0/s1. The van der Waals surface area contributed by atoms with Crippen LogP contribution in [-0.2, 0) is 14.0 Å². The van der Waals surface area contributed by atoms with E-state index in [1.807, 2.05) is 0 Å². The molecule has 330 valence electrons. The molecular formula is C34H41F17O5Si. The second kappa shape index (κ2) is 18.0. The summed E-state index contributed by atoms with van der Waals surface area (Å²) in [6.45, 7) is 11.0. The summed E-state index contributed by atoms with van der Waals surface area (Å²) in [7, 11) is -3.96. The number of rotatable bonds is 22. The predicted octanol–water partition coefficient (Wildman–Crippen LogP) is 11.6. The van der Waals surface area contributed by atoms with Crippen LogP contribution in [-0.4, -0.2) is 86.8 Å². The molecule has 0 radical (unpaired) electrons. The van der Waals surface area contributed by atoms with E-state index in [1.165, 1.54) is 64.1 Å². The van der Waals surface area contributed by atoms with Crippen molar-refractivity contribution in [2.24, 2.45) is 5.92 Å². The fraction of sp³-hybridized carbons (Fsp3) is 0.676. The van der Waals surface area contributed by atoms with Gasteiger partial charge in [0.2, 0.25) is 0 Å². The van der Waals surface area contributed by atoms with E-state index in [0.717, 1.165) is 0 Å². The highest BCUT2D eigenvalue weighted by Crippen LogP contribution is 2.64. The van der Waals surface area contributed by atoms with Crippen molar-refractivity contribution in [3.05, 3.63) is 54.1 Å². The third-order valence-corrected chi connectivity index (χ3v) is 15.1. The lowest BCUT2D eigenvalue weighted by Gasteiger charge is -2.44. The topological polar surface area (TPSA) is 65.0 Å². The van der Waals surface area contributed by atoms with E-state index >= 15 is 0 Å². The maximum absolute atomic E-state index is 14.9. The van der Waals surface area contributed by atoms with Gasteiger partial charge in [-0.15, -0.1) is 0 Å². The molecule has 23 heteroatoms. The summed E-state index contributed by atoms with van der Waals surface area (Å²) in [6, 6.07) is 4.36. The van der Waals surface area contributed by atoms with Gasteiger partial charge in [-0.1, -0.05) is 65.0 Å². The van der Waals surface area contributed by atoms with Gasteiger partial charge in [-0.25, -0.2) is 4.79 Å². The van der Waals surface area contributed by atoms with Crippen LogP contribution >= 0.6 is 0 Å². The van der Waals surface area contributed by atoms with Crippen molar-refractivity contribution < 1.29 is 98.4 Å². The Kier molecular flexibility index (Phi) is 16.4. The first-order valence-corrected chi connectivity index (χ1v) is 19.0. The molecule has 1 rings (SSSR count). The van der Waals surface area contributed by atoms with Crippen molar-refractivity contribution >= 4 is 14.3 Å². The summed E-state index contributed by atoms with van der Waals surface area (Å²) >= 11 is 0. The second-order valence-electron chi connectivity index (χ2n) is 13.7. The lowest BCUT2D eigenvalue weighted by molar-refractivity contribution is -0.461. The van der Waals surface area contributed by atoms with Crippen LogP contribution in [0.4, 0.5) is 74.6 Å². The highest BCUT2D eigenvalue weighted by atomic mass is 28.4. The molecule has 0 saturated heterocycles. The Balaban J connectivity index is 3.21. The molecule has 0 fully saturated rings. The van der Waals surface area contributed by atoms with Gasteiger partial charge < -0.3 is 19.0 Å². The van der Waals surface area contributed by atoms with E-state index in [-0.39, 0.29) is 19.0 Å². The van der Waals surface area contributed by atoms with Gasteiger partial charge in [-0.2, -0.15) is 74.6 Å². The van der Waals surface area contributed by atoms with Gasteiger partial charge >= 0.3 is 53.6 Å². The first-order valence-electron chi connectivity index (χ1n) is 16.7. The molecule has 0 aromatic heterocycles. The molecule has 0 saturated carbocycles. The van der Waals surface area contributed by atoms with Crippen molar-refractivity contribution in [2.75, 3.05) is 19.8 Å². The monoisotopic (exact) mass is 880 g/mol. The SMILES string of the molecule is C=CCOC(=O)/C=C(\C)[C@H](C)[C@@H](O)c1ccc(OCCO[Si](CCC(F)(F)C(F)(F)C(F)(F)C(F)(F)C(F)(F)C(F)(F)C(F)(F)C(F)(F)F)(C(C)C)C(C)C)cc1. The molecule has 1 N–H and O–H groups in total. The molecule has 57 heavy (non-hydrogen) atoms. The summed E-state index contributed by atoms with van der Waals surface area (Å²) in [5.41, 5.74) is -0.869. The fourth-order valence-electron chi connectivity index (χ4n) is 5.55. The summed E-state index contributed by atoms with van der Waals surface area (Å²) in [5.74, 6) is -57.8. The number of carbonyl (C=O) groups excluding carboxylic acids is 1. The zero-order valence-corrected chi connectivity index (χ0v) is 32.0. The highest BCUT2D eigenvalue weighted by molar-refractivity contribution is 6.76. The van der Waals surface area contributed by atoms with Crippen molar-refractivity contribution in [1.29, 1.82) is 0 Å². The molecule has 0 aliphatic heterocycles. The van der Waals surface area contributed by atoms with Crippen LogP contribution in [0.3, 0.4) is 0 Å². The van der Waals surface area contributed by atoms with Gasteiger partial charge in [0.25, 0.3) is 0 Å². The Hall–Kier alpha value is -3.08. The summed E-state index contributed by atoms with van der Waals surface area (Å²) in [6.07, 6.45) is -8.93. The number of aliphatic hydroxyl groups excluding tert-OH is 1. The van der Waals surface area contributed by atoms with Crippen LogP contribution in [0.25, 0.3) is 0 Å². The van der Waals surface area contributed by atoms with E-state index in [4.69, 9.17) is 13.9 Å². The Labute approximate surface area is 317 Å². The number of esters is 1. The minimum absolute atomic E-state index is 0.0279. The first-order chi connectivity index (χ1) is 25.5. The lowest BCUT2D eigenvalue weighted by Crippen LogP contribution is -2.74.